The Morgan fingerprint density at radius 1 is 0.510 bits per heavy atom. The maximum Gasteiger partial charge on any atom is 0.322 e. The summed E-state index contributed by atoms with van der Waals surface area (Å²) in [6.45, 7) is 1.72. The summed E-state index contributed by atoms with van der Waals surface area (Å²) in [6.07, 6.45) is 7.00. The molecule has 4 aromatic heterocycles. The number of para-hydroxylation sites is 1. The number of aromatic nitrogens is 7. The van der Waals surface area contributed by atoms with Crippen LogP contribution in [0.2, 0.25) is 0 Å². The van der Waals surface area contributed by atoms with Gasteiger partial charge in [0.2, 0.25) is 65.0 Å². The fourth-order valence-corrected chi connectivity index (χ4v) is 10.2. The summed E-state index contributed by atoms with van der Waals surface area (Å²) in [5.41, 5.74) is 20.3. The molecule has 0 aliphatic rings. The minimum atomic E-state index is -1.79. The molecule has 2 aromatic carbocycles. The quantitative estimate of drug-likeness (QED) is 0.00965. The number of carboxylic acids is 1. The smallest absolute Gasteiger partial charge is 0.322 e. The lowest BCUT2D eigenvalue weighted by molar-refractivity contribution is -0.138. The van der Waals surface area contributed by atoms with Gasteiger partial charge in [0.05, 0.1) is 50.8 Å². The van der Waals surface area contributed by atoms with Crippen molar-refractivity contribution in [3.05, 3.63) is 127 Å². The van der Waals surface area contributed by atoms with E-state index < -0.39 is 158 Å². The number of nitrogens with one attached hydrogen (secondary N) is 15. The van der Waals surface area contributed by atoms with Crippen LogP contribution in [0.4, 0.5) is 0 Å². The van der Waals surface area contributed by atoms with Crippen molar-refractivity contribution in [2.24, 2.45) is 28.1 Å². The number of aliphatic hydroxyl groups is 2. The third-order valence-corrected chi connectivity index (χ3v) is 15.3. The van der Waals surface area contributed by atoms with E-state index in [-0.39, 0.29) is 69.8 Å². The minimum absolute atomic E-state index is 0.000234. The number of aliphatic hydroxyl groups excluding tert-OH is 2. The molecule has 4 heterocycles. The van der Waals surface area contributed by atoms with Crippen LogP contribution < -0.4 is 75.7 Å². The molecule has 10 atom stereocenters. The highest BCUT2D eigenvalue weighted by Gasteiger charge is 2.37. The molecule has 6 aromatic rings. The Bertz CT molecular complexity index is 3730. The summed E-state index contributed by atoms with van der Waals surface area (Å²) in [5, 5.41) is 58.3. The number of aromatic amines is 4. The van der Waals surface area contributed by atoms with E-state index in [0.29, 0.717) is 39.1 Å². The number of nitrogens with zero attached hydrogens (tertiary/aromatic N) is 4. The number of fused-ring (bicyclic) bond motifs is 1. The lowest BCUT2D eigenvalue weighted by Crippen LogP contribution is -2.62. The van der Waals surface area contributed by atoms with Gasteiger partial charge in [-0.15, -0.1) is 0 Å². The van der Waals surface area contributed by atoms with Crippen molar-refractivity contribution in [2.45, 2.75) is 133 Å². The second-order valence-electron chi connectivity index (χ2n) is 23.8. The number of imidazole rings is 3. The molecule has 538 valence electrons. The lowest BCUT2D eigenvalue weighted by Gasteiger charge is -2.29. The molecule has 37 nitrogen and oxygen atoms in total. The number of aliphatic imine (C=N–C) groups is 1. The van der Waals surface area contributed by atoms with Gasteiger partial charge in [-0.3, -0.25) is 62.5 Å². The number of benzene rings is 2. The Balaban J connectivity index is 1.24. The fourth-order valence-electron chi connectivity index (χ4n) is 10.2. The molecule has 0 bridgehead atoms. The van der Waals surface area contributed by atoms with Gasteiger partial charge in [0.15, 0.2) is 5.96 Å². The van der Waals surface area contributed by atoms with Crippen LogP contribution in [0.1, 0.15) is 68.2 Å². The average Bonchev–Trinajstić information content (AvgIpc) is 1.69. The molecule has 11 amide bonds. The van der Waals surface area contributed by atoms with Crippen molar-refractivity contribution < 1.29 is 72.9 Å². The van der Waals surface area contributed by atoms with Gasteiger partial charge >= 0.3 is 5.97 Å². The van der Waals surface area contributed by atoms with E-state index in [1.165, 1.54) is 44.5 Å². The van der Waals surface area contributed by atoms with Crippen LogP contribution in [-0.2, 0) is 89.6 Å². The van der Waals surface area contributed by atoms with Gasteiger partial charge in [-0.25, -0.2) is 15.0 Å². The zero-order valence-corrected chi connectivity index (χ0v) is 55.0. The van der Waals surface area contributed by atoms with Gasteiger partial charge in [-0.1, -0.05) is 62.4 Å². The topological polar surface area (TPSA) is 590 Å². The summed E-state index contributed by atoms with van der Waals surface area (Å²) < 4.78 is 0. The first-order valence-electron chi connectivity index (χ1n) is 31.8. The summed E-state index contributed by atoms with van der Waals surface area (Å²) in [4.78, 5) is 192. The van der Waals surface area contributed by atoms with Crippen LogP contribution in [0.5, 0.6) is 0 Å². The first-order valence-corrected chi connectivity index (χ1v) is 31.8. The van der Waals surface area contributed by atoms with Crippen LogP contribution in [0.25, 0.3) is 10.9 Å². The summed E-state index contributed by atoms with van der Waals surface area (Å²) in [5.74, 6) is -12.0. The number of carboxylic acid groups (broad SMARTS) is 1. The highest BCUT2D eigenvalue weighted by molar-refractivity contribution is 5.99. The molecule has 100 heavy (non-hydrogen) atoms. The maximum atomic E-state index is 15.0. The molecule has 37 heteroatoms. The fraction of sp³-hybridized carbons (Fsp3) is 0.429. The van der Waals surface area contributed by atoms with Gasteiger partial charge in [0, 0.05) is 91.4 Å². The molecule has 6 rings (SSSR count). The molecule has 0 fully saturated rings. The minimum Gasteiger partial charge on any atom is -0.480 e. The Hall–Kier alpha value is -11.6. The van der Waals surface area contributed by atoms with Crippen LogP contribution >= 0.6 is 0 Å². The largest absolute Gasteiger partial charge is 0.480 e. The molecular formula is C63H86N22O15. The van der Waals surface area contributed by atoms with Crippen molar-refractivity contribution in [1.29, 1.82) is 0 Å². The zero-order chi connectivity index (χ0) is 72.8. The van der Waals surface area contributed by atoms with E-state index in [9.17, 15) is 63.0 Å². The molecule has 0 spiro atoms. The number of hydrogen-bond donors (Lipinski definition) is 21. The van der Waals surface area contributed by atoms with Gasteiger partial charge < -0.3 is 111 Å². The normalized spacial score (nSPS) is 14.1. The van der Waals surface area contributed by atoms with Crippen molar-refractivity contribution in [2.75, 3.05) is 32.8 Å². The van der Waals surface area contributed by atoms with Gasteiger partial charge in [0.1, 0.15) is 54.9 Å². The molecule has 24 N–H and O–H groups in total. The Morgan fingerprint density at radius 3 is 1.51 bits per heavy atom. The van der Waals surface area contributed by atoms with Crippen LogP contribution in [0.15, 0.2) is 103 Å². The van der Waals surface area contributed by atoms with E-state index in [1.54, 1.807) is 74.6 Å². The van der Waals surface area contributed by atoms with Gasteiger partial charge in [0.25, 0.3) is 0 Å². The number of carbonyl (C=O) groups is 12. The maximum absolute atomic E-state index is 15.0. The monoisotopic (exact) mass is 1390 g/mol. The number of hydrogen-bond acceptors (Lipinski definition) is 19. The van der Waals surface area contributed by atoms with E-state index in [0.717, 1.165) is 0 Å². The van der Waals surface area contributed by atoms with Crippen LogP contribution in [-0.4, -0.2) is 220 Å². The second kappa shape index (κ2) is 39.0. The predicted molar refractivity (Wildman–Crippen MR) is 357 cm³/mol. The Kier molecular flexibility index (Phi) is 30.2. The molecule has 0 unspecified atom stereocenters. The molecule has 0 aliphatic heterocycles. The highest BCUT2D eigenvalue weighted by Crippen LogP contribution is 2.20. The molecular weight excluding hydrogens is 1300 g/mol. The summed E-state index contributed by atoms with van der Waals surface area (Å²) in [7, 11) is 0. The van der Waals surface area contributed by atoms with E-state index >= 15 is 4.79 Å². The van der Waals surface area contributed by atoms with Gasteiger partial charge in [-0.2, -0.15) is 0 Å². The van der Waals surface area contributed by atoms with Crippen molar-refractivity contribution in [3.63, 3.8) is 0 Å². The van der Waals surface area contributed by atoms with Crippen LogP contribution in [0.3, 0.4) is 0 Å². The summed E-state index contributed by atoms with van der Waals surface area (Å²) in [6, 6.07) is 1.77. The lowest BCUT2D eigenvalue weighted by atomic mass is 10.0. The first-order chi connectivity index (χ1) is 47.8. The van der Waals surface area contributed by atoms with E-state index in [4.69, 9.17) is 22.3 Å². The van der Waals surface area contributed by atoms with E-state index in [1.807, 2.05) is 0 Å². The highest BCUT2D eigenvalue weighted by atomic mass is 16.4. The molecule has 0 aliphatic carbocycles. The molecule has 0 saturated heterocycles. The van der Waals surface area contributed by atoms with Crippen molar-refractivity contribution in [3.8, 4) is 0 Å². The van der Waals surface area contributed by atoms with Crippen LogP contribution in [0, 0.1) is 5.92 Å². The number of H-pyrrole nitrogens is 4. The zero-order valence-electron chi connectivity index (χ0n) is 55.0. The number of amides is 11. The van der Waals surface area contributed by atoms with Crippen molar-refractivity contribution >= 4 is 87.8 Å². The Morgan fingerprint density at radius 2 is 0.980 bits per heavy atom. The molecule has 0 radical (unpaired) electrons. The number of nitrogens with two attached hydrogens (primary N) is 3. The van der Waals surface area contributed by atoms with E-state index in [2.05, 4.69) is 98.4 Å². The third-order valence-electron chi connectivity index (χ3n) is 15.3. The molecule has 0 saturated carbocycles. The number of rotatable bonds is 41. The first kappa shape index (κ1) is 77.4. The Labute approximate surface area is 572 Å². The SMILES string of the molecule is CC(C)C[C@H](NC(=O)[C@@H](NC(=O)[C@H](Cc1cnc[nH]1)NC(=O)[C@H](Cc1ccccc1)NC(=O)[C@H](Cc1cnc[nH]1)NC(=O)[C@H](CCCN=C(N)N)NC(=O)[C@H](Cc1c[nH]c2ccccc12)NC(=O)[C@H](CO)NC(=O)[C@@H](N)Cc1cnc[nH]1)[C@@H](C)O)C(=O)NCC(=O)NCC(=O)NCC(=O)O. The average molecular weight is 1390 g/mol. The summed E-state index contributed by atoms with van der Waals surface area (Å²) >= 11 is 0. The number of aliphatic carboxylic acids is 1. The third kappa shape index (κ3) is 25.4. The predicted octanol–water partition coefficient (Wildman–Crippen LogP) is -6.04. The van der Waals surface area contributed by atoms with Crippen molar-refractivity contribution in [1.82, 2.24) is 93.4 Å². The number of carbonyl (C=O) groups excluding carboxylic acids is 11. The standard InChI is InChI=1S/C63H86N22O15/c1-33(2)16-44(55(93)74-27-51(89)72-26-50(88)73-28-52(90)91)83-62(100)53(34(3)87)85-60(98)48(21-39-25-69-32-77-39)82-57(95)45(17-35-10-5-4-6-11-35)79-59(97)47(20-38-24-68-31-76-38)81-56(94)43(14-9-15-70-63(65)66)78-58(96)46(18-36-22-71-42-13-8-7-12-40(36)42)80-61(99)49(29-86)84-54(92)41(64)19-37-23-67-30-75-37/h4-8,10-13,22-25,30-34,41,43-49,53,71,86-87H,9,14-21,26-29,64H2,1-3H3,(H,67,75)(H,68,76)(H,69,77)(H,72,89)(H,73,88)(H,74,93)(H,78,96)(H,79,97)(H,80,99)(H,81,94)(H,82,95)(H,83,100)(H,84,92)(H,85,98)(H,90,91)(H4,65,66,70)/t34-,41+,43+,44+,45+,46+,47+,48+,49+,53+/m1/s1. The number of guanidine groups is 1. The van der Waals surface area contributed by atoms with Gasteiger partial charge in [-0.05, 0) is 49.3 Å². The second-order valence-corrected chi connectivity index (χ2v) is 23.8.